The highest BCUT2D eigenvalue weighted by atomic mass is 16.5. The molecular formula is C28H34N2O5. The van der Waals surface area contributed by atoms with Gasteiger partial charge in [-0.25, -0.2) is 4.79 Å². The van der Waals surface area contributed by atoms with E-state index in [0.29, 0.717) is 38.3 Å². The molecule has 2 aromatic carbocycles. The predicted octanol–water partition coefficient (Wildman–Crippen LogP) is 4.56. The summed E-state index contributed by atoms with van der Waals surface area (Å²) in [5, 5.41) is 14.8. The van der Waals surface area contributed by atoms with Crippen LogP contribution in [-0.4, -0.2) is 42.8 Å². The molecule has 1 saturated carbocycles. The summed E-state index contributed by atoms with van der Waals surface area (Å²) in [6.07, 6.45) is 2.85. The summed E-state index contributed by atoms with van der Waals surface area (Å²) in [5.74, 6) is -0.688. The fraction of sp³-hybridized carbons (Fsp3) is 0.464. The molecule has 0 spiro atoms. The molecule has 0 heterocycles. The molecule has 4 rings (SSSR count). The number of carbonyl (C=O) groups excluding carboxylic acids is 2. The van der Waals surface area contributed by atoms with Gasteiger partial charge in [0.15, 0.2) is 0 Å². The van der Waals surface area contributed by atoms with Crippen LogP contribution in [0.25, 0.3) is 11.1 Å². The van der Waals surface area contributed by atoms with Gasteiger partial charge in [0.05, 0.1) is 5.92 Å². The van der Waals surface area contributed by atoms with Gasteiger partial charge in [0.1, 0.15) is 6.61 Å². The van der Waals surface area contributed by atoms with Crippen LogP contribution in [0.4, 0.5) is 4.79 Å². The van der Waals surface area contributed by atoms with E-state index in [1.807, 2.05) is 31.2 Å². The average Bonchev–Trinajstić information content (AvgIpc) is 3.19. The fourth-order valence-corrected chi connectivity index (χ4v) is 5.24. The number of nitrogens with one attached hydrogen (secondary N) is 2. The van der Waals surface area contributed by atoms with Crippen LogP contribution in [0.1, 0.15) is 56.1 Å². The maximum Gasteiger partial charge on any atom is 0.407 e. The summed E-state index contributed by atoms with van der Waals surface area (Å²) in [4.78, 5) is 35.7. The van der Waals surface area contributed by atoms with Crippen LogP contribution in [0.3, 0.4) is 0 Å². The van der Waals surface area contributed by atoms with Gasteiger partial charge >= 0.3 is 12.1 Å². The Morgan fingerprint density at radius 2 is 1.54 bits per heavy atom. The van der Waals surface area contributed by atoms with E-state index in [4.69, 9.17) is 9.84 Å². The van der Waals surface area contributed by atoms with Crippen molar-refractivity contribution in [2.45, 2.75) is 44.9 Å². The van der Waals surface area contributed by atoms with Crippen molar-refractivity contribution in [2.75, 3.05) is 19.7 Å². The number of fused-ring (bicyclic) bond motifs is 3. The van der Waals surface area contributed by atoms with Crippen molar-refractivity contribution in [3.63, 3.8) is 0 Å². The topological polar surface area (TPSA) is 105 Å². The van der Waals surface area contributed by atoms with Crippen molar-refractivity contribution in [3.05, 3.63) is 59.7 Å². The van der Waals surface area contributed by atoms with E-state index in [1.54, 1.807) is 0 Å². The summed E-state index contributed by atoms with van der Waals surface area (Å²) >= 11 is 0. The lowest BCUT2D eigenvalue weighted by Crippen LogP contribution is -2.35. The van der Waals surface area contributed by atoms with Crippen LogP contribution in [0.2, 0.25) is 0 Å². The largest absolute Gasteiger partial charge is 0.481 e. The minimum atomic E-state index is -0.717. The zero-order valence-electron chi connectivity index (χ0n) is 20.2. The fourth-order valence-electron chi connectivity index (χ4n) is 5.24. The SMILES string of the molecule is CC(CNC(=O)OCC1c2ccccc2-c2ccccc21)CC(=O)NCC1CCC(C(=O)O)CC1. The van der Waals surface area contributed by atoms with Crippen LogP contribution in [-0.2, 0) is 14.3 Å². The predicted molar refractivity (Wildman–Crippen MR) is 133 cm³/mol. The summed E-state index contributed by atoms with van der Waals surface area (Å²) in [6, 6.07) is 16.4. The number of rotatable bonds is 9. The minimum Gasteiger partial charge on any atom is -0.481 e. The number of carboxylic acid groups (broad SMARTS) is 1. The first-order chi connectivity index (χ1) is 16.9. The van der Waals surface area contributed by atoms with Crippen LogP contribution < -0.4 is 10.6 Å². The lowest BCUT2D eigenvalue weighted by atomic mass is 9.82. The van der Waals surface area contributed by atoms with Crippen LogP contribution in [0.5, 0.6) is 0 Å². The maximum atomic E-state index is 12.3. The first-order valence-corrected chi connectivity index (χ1v) is 12.5. The molecule has 2 aliphatic carbocycles. The molecule has 2 aliphatic rings. The van der Waals surface area contributed by atoms with Crippen LogP contribution in [0.15, 0.2) is 48.5 Å². The maximum absolute atomic E-state index is 12.3. The van der Waals surface area contributed by atoms with Gasteiger partial charge in [-0.3, -0.25) is 9.59 Å². The van der Waals surface area contributed by atoms with E-state index in [2.05, 4.69) is 34.9 Å². The third-order valence-electron chi connectivity index (χ3n) is 7.26. The van der Waals surface area contributed by atoms with E-state index in [-0.39, 0.29) is 30.3 Å². The molecule has 7 nitrogen and oxygen atoms in total. The van der Waals surface area contributed by atoms with Crippen molar-refractivity contribution < 1.29 is 24.2 Å². The molecule has 0 saturated heterocycles. The first kappa shape index (κ1) is 24.8. The van der Waals surface area contributed by atoms with E-state index >= 15 is 0 Å². The molecule has 0 aromatic heterocycles. The molecule has 1 fully saturated rings. The molecular weight excluding hydrogens is 444 g/mol. The van der Waals surface area contributed by atoms with Crippen LogP contribution >= 0.6 is 0 Å². The molecule has 1 atom stereocenters. The van der Waals surface area contributed by atoms with E-state index in [0.717, 1.165) is 12.8 Å². The van der Waals surface area contributed by atoms with Crippen molar-refractivity contribution in [2.24, 2.45) is 17.8 Å². The molecule has 2 aromatic rings. The summed E-state index contributed by atoms with van der Waals surface area (Å²) < 4.78 is 5.55. The Hall–Kier alpha value is -3.35. The quantitative estimate of drug-likeness (QED) is 0.490. The smallest absolute Gasteiger partial charge is 0.407 e. The zero-order valence-corrected chi connectivity index (χ0v) is 20.2. The molecule has 186 valence electrons. The zero-order chi connectivity index (χ0) is 24.8. The summed E-state index contributed by atoms with van der Waals surface area (Å²) in [5.41, 5.74) is 4.71. The second-order valence-electron chi connectivity index (χ2n) is 9.88. The Labute approximate surface area is 206 Å². The van der Waals surface area contributed by atoms with Gasteiger partial charge in [0.25, 0.3) is 0 Å². The number of ether oxygens (including phenoxy) is 1. The van der Waals surface area contributed by atoms with Gasteiger partial charge in [0, 0.05) is 25.4 Å². The third-order valence-corrected chi connectivity index (χ3v) is 7.26. The van der Waals surface area contributed by atoms with E-state index in [9.17, 15) is 14.4 Å². The number of carboxylic acids is 1. The molecule has 1 unspecified atom stereocenters. The molecule has 7 heteroatoms. The molecule has 2 amide bonds. The van der Waals surface area contributed by atoms with Crippen molar-refractivity contribution in [1.82, 2.24) is 10.6 Å². The van der Waals surface area contributed by atoms with Crippen molar-refractivity contribution in [1.29, 1.82) is 0 Å². The van der Waals surface area contributed by atoms with E-state index < -0.39 is 12.1 Å². The first-order valence-electron chi connectivity index (χ1n) is 12.5. The second kappa shape index (κ2) is 11.4. The average molecular weight is 479 g/mol. The van der Waals surface area contributed by atoms with Gasteiger partial charge in [-0.05, 0) is 59.8 Å². The van der Waals surface area contributed by atoms with Crippen molar-refractivity contribution >= 4 is 18.0 Å². The number of benzene rings is 2. The third kappa shape index (κ3) is 6.21. The Morgan fingerprint density at radius 3 is 2.14 bits per heavy atom. The Kier molecular flexibility index (Phi) is 8.06. The number of alkyl carbamates (subject to hydrolysis) is 1. The van der Waals surface area contributed by atoms with Gasteiger partial charge in [-0.2, -0.15) is 0 Å². The Morgan fingerprint density at radius 1 is 0.943 bits per heavy atom. The number of aliphatic carboxylic acids is 1. The Balaban J connectivity index is 1.16. The monoisotopic (exact) mass is 478 g/mol. The minimum absolute atomic E-state index is 0.0157. The normalized spacial score (nSPS) is 19.8. The van der Waals surface area contributed by atoms with E-state index in [1.165, 1.54) is 22.3 Å². The Bertz CT molecular complexity index is 1020. The molecule has 0 bridgehead atoms. The van der Waals surface area contributed by atoms with Gasteiger partial charge in [-0.1, -0.05) is 55.5 Å². The lowest BCUT2D eigenvalue weighted by Gasteiger charge is -2.26. The second-order valence-corrected chi connectivity index (χ2v) is 9.88. The molecule has 3 N–H and O–H groups in total. The number of carbonyl (C=O) groups is 3. The molecule has 0 radical (unpaired) electrons. The highest BCUT2D eigenvalue weighted by Gasteiger charge is 2.29. The molecule has 35 heavy (non-hydrogen) atoms. The van der Waals surface area contributed by atoms with Crippen molar-refractivity contribution in [3.8, 4) is 11.1 Å². The summed E-state index contributed by atoms with van der Waals surface area (Å²) in [6.45, 7) is 3.12. The summed E-state index contributed by atoms with van der Waals surface area (Å²) in [7, 11) is 0. The van der Waals surface area contributed by atoms with Crippen LogP contribution in [0, 0.1) is 17.8 Å². The standard InChI is InChI=1S/C28H34N2O5/c1-18(14-26(31)29-16-19-10-12-20(13-11-19)27(32)33)15-30-28(34)35-17-25-23-8-4-2-6-21(23)22-7-3-5-9-24(22)25/h2-9,18-20,25H,10-17H2,1H3,(H,29,31)(H,30,34)(H,32,33). The lowest BCUT2D eigenvalue weighted by molar-refractivity contribution is -0.143. The molecule has 0 aliphatic heterocycles. The highest BCUT2D eigenvalue weighted by molar-refractivity contribution is 5.79. The van der Waals surface area contributed by atoms with Gasteiger partial charge in [0.2, 0.25) is 5.91 Å². The number of hydrogen-bond acceptors (Lipinski definition) is 4. The number of hydrogen-bond donors (Lipinski definition) is 3. The van der Waals surface area contributed by atoms with Gasteiger partial charge in [-0.15, -0.1) is 0 Å². The van der Waals surface area contributed by atoms with Gasteiger partial charge < -0.3 is 20.5 Å². The highest BCUT2D eigenvalue weighted by Crippen LogP contribution is 2.44. The number of amides is 2.